The molecule has 0 spiro atoms. The predicted molar refractivity (Wildman–Crippen MR) is 109 cm³/mol. The number of rotatable bonds is 7. The lowest BCUT2D eigenvalue weighted by molar-refractivity contribution is -0.138. The number of benzene rings is 2. The van der Waals surface area contributed by atoms with E-state index in [1.165, 1.54) is 0 Å². The van der Waals surface area contributed by atoms with Crippen LogP contribution in [0.5, 0.6) is 0 Å². The Morgan fingerprint density at radius 1 is 1.14 bits per heavy atom. The quantitative estimate of drug-likeness (QED) is 0.682. The van der Waals surface area contributed by atoms with Crippen LogP contribution in [-0.2, 0) is 20.8 Å². The zero-order valence-electron chi connectivity index (χ0n) is 16.4. The van der Waals surface area contributed by atoms with Gasteiger partial charge in [-0.2, -0.15) is 5.26 Å². The van der Waals surface area contributed by atoms with E-state index in [2.05, 4.69) is 0 Å². The van der Waals surface area contributed by atoms with Gasteiger partial charge in [0.2, 0.25) is 11.8 Å². The Balaban J connectivity index is 1.81. The van der Waals surface area contributed by atoms with Gasteiger partial charge in [-0.1, -0.05) is 37.3 Å². The van der Waals surface area contributed by atoms with Crippen molar-refractivity contribution in [2.75, 3.05) is 11.4 Å². The van der Waals surface area contributed by atoms with Crippen molar-refractivity contribution in [2.24, 2.45) is 0 Å². The van der Waals surface area contributed by atoms with Crippen molar-refractivity contribution in [2.45, 2.75) is 38.6 Å². The summed E-state index contributed by atoms with van der Waals surface area (Å²) in [6, 6.07) is 17.3. The van der Waals surface area contributed by atoms with Gasteiger partial charge in [-0.05, 0) is 42.7 Å². The Morgan fingerprint density at radius 2 is 1.83 bits per heavy atom. The lowest BCUT2D eigenvalue weighted by Gasteiger charge is -2.27. The van der Waals surface area contributed by atoms with Gasteiger partial charge in [-0.25, -0.2) is 4.90 Å². The van der Waals surface area contributed by atoms with Crippen molar-refractivity contribution >= 4 is 23.4 Å². The summed E-state index contributed by atoms with van der Waals surface area (Å²) in [5, 5.41) is 8.94. The molecule has 0 radical (unpaired) electrons. The molecule has 6 heteroatoms. The summed E-state index contributed by atoms with van der Waals surface area (Å²) >= 11 is 0. The van der Waals surface area contributed by atoms with E-state index in [1.807, 2.05) is 43.3 Å². The average Bonchev–Trinajstić information content (AvgIpc) is 3.03. The van der Waals surface area contributed by atoms with Crippen LogP contribution in [0, 0.1) is 11.3 Å². The molecule has 1 heterocycles. The maximum Gasteiger partial charge on any atom is 0.257 e. The highest BCUT2D eigenvalue weighted by Gasteiger charge is 2.43. The molecule has 29 heavy (non-hydrogen) atoms. The number of amides is 3. The third-order valence-electron chi connectivity index (χ3n) is 5.02. The van der Waals surface area contributed by atoms with Crippen LogP contribution < -0.4 is 4.90 Å². The molecule has 0 saturated carbocycles. The zero-order valence-corrected chi connectivity index (χ0v) is 16.4. The van der Waals surface area contributed by atoms with E-state index >= 15 is 0 Å². The number of hydrogen-bond acceptors (Lipinski definition) is 4. The minimum atomic E-state index is -0.791. The number of anilines is 1. The molecule has 2 aromatic rings. The Bertz CT molecular complexity index is 932. The van der Waals surface area contributed by atoms with Gasteiger partial charge in [0.25, 0.3) is 5.91 Å². The van der Waals surface area contributed by atoms with Crippen LogP contribution in [0.3, 0.4) is 0 Å². The van der Waals surface area contributed by atoms with E-state index in [1.54, 1.807) is 29.2 Å². The molecule has 3 rings (SSSR count). The molecular formula is C23H23N3O3. The molecule has 2 aromatic carbocycles. The van der Waals surface area contributed by atoms with Gasteiger partial charge < -0.3 is 4.90 Å². The van der Waals surface area contributed by atoms with E-state index < -0.39 is 11.9 Å². The highest BCUT2D eigenvalue weighted by molar-refractivity contribution is 6.23. The number of nitrogens with zero attached hydrogens (tertiary/aromatic N) is 3. The summed E-state index contributed by atoms with van der Waals surface area (Å²) in [5.74, 6) is -0.841. The minimum absolute atomic E-state index is 0.0247. The summed E-state index contributed by atoms with van der Waals surface area (Å²) in [4.78, 5) is 41.1. The molecule has 0 bridgehead atoms. The fraction of sp³-hybridized carbons (Fsp3) is 0.304. The predicted octanol–water partition coefficient (Wildman–Crippen LogP) is 3.06. The fourth-order valence-electron chi connectivity index (χ4n) is 3.52. The second-order valence-corrected chi connectivity index (χ2v) is 7.02. The third kappa shape index (κ3) is 4.52. The molecule has 1 fully saturated rings. The molecular weight excluding hydrogens is 366 g/mol. The van der Waals surface area contributed by atoms with Crippen LogP contribution in [-0.4, -0.2) is 35.2 Å². The number of carbonyl (C=O) groups is 3. The Hall–Kier alpha value is -3.46. The maximum absolute atomic E-state index is 13.1. The normalized spacial score (nSPS) is 16.0. The lowest BCUT2D eigenvalue weighted by Crippen LogP contribution is -2.46. The Labute approximate surface area is 170 Å². The van der Waals surface area contributed by atoms with E-state index in [0.717, 1.165) is 10.5 Å². The smallest absolute Gasteiger partial charge is 0.257 e. The van der Waals surface area contributed by atoms with Crippen molar-refractivity contribution in [3.63, 3.8) is 0 Å². The fourth-order valence-corrected chi connectivity index (χ4v) is 3.52. The molecule has 1 aliphatic rings. The summed E-state index contributed by atoms with van der Waals surface area (Å²) in [7, 11) is 0. The lowest BCUT2D eigenvalue weighted by atomic mass is 10.1. The van der Waals surface area contributed by atoms with Gasteiger partial charge >= 0.3 is 0 Å². The first-order valence-electron chi connectivity index (χ1n) is 9.75. The van der Waals surface area contributed by atoms with Crippen LogP contribution in [0.25, 0.3) is 0 Å². The molecule has 148 valence electrons. The van der Waals surface area contributed by atoms with Gasteiger partial charge in [0.1, 0.15) is 6.04 Å². The Morgan fingerprint density at radius 3 is 2.45 bits per heavy atom. The molecule has 0 N–H and O–H groups in total. The third-order valence-corrected chi connectivity index (χ3v) is 5.02. The largest absolute Gasteiger partial charge is 0.330 e. The second kappa shape index (κ2) is 9.16. The maximum atomic E-state index is 13.1. The molecule has 1 unspecified atom stereocenters. The van der Waals surface area contributed by atoms with Crippen molar-refractivity contribution in [1.82, 2.24) is 4.90 Å². The number of nitriles is 1. The van der Waals surface area contributed by atoms with Gasteiger partial charge in [0.05, 0.1) is 23.7 Å². The number of hydrogen-bond donors (Lipinski definition) is 0. The average molecular weight is 389 g/mol. The summed E-state index contributed by atoms with van der Waals surface area (Å²) in [6.45, 7) is 2.30. The second-order valence-electron chi connectivity index (χ2n) is 7.02. The van der Waals surface area contributed by atoms with Crippen molar-refractivity contribution in [1.29, 1.82) is 5.26 Å². The van der Waals surface area contributed by atoms with Gasteiger partial charge in [0.15, 0.2) is 0 Å². The van der Waals surface area contributed by atoms with Gasteiger partial charge in [0, 0.05) is 13.0 Å². The van der Waals surface area contributed by atoms with Crippen LogP contribution in [0.4, 0.5) is 5.69 Å². The highest BCUT2D eigenvalue weighted by atomic mass is 16.2. The molecule has 0 aliphatic carbocycles. The SMILES string of the molecule is CCCC(=O)N(CCc1ccccc1)C1CC(=O)N(c2ccc(C#N)cc2)C1=O. The monoisotopic (exact) mass is 389 g/mol. The molecule has 1 saturated heterocycles. The van der Waals surface area contributed by atoms with E-state index in [-0.39, 0.29) is 18.2 Å². The standard InChI is InChI=1S/C23H23N3O3/c1-2-6-21(27)25(14-13-17-7-4-3-5-8-17)20-15-22(28)26(23(20)29)19-11-9-18(16-24)10-12-19/h3-5,7-12,20H,2,6,13-15H2,1H3. The van der Waals surface area contributed by atoms with Gasteiger partial charge in [-0.3, -0.25) is 14.4 Å². The van der Waals surface area contributed by atoms with Crippen LogP contribution >= 0.6 is 0 Å². The first-order valence-corrected chi connectivity index (χ1v) is 9.75. The van der Waals surface area contributed by atoms with Crippen LogP contribution in [0.15, 0.2) is 54.6 Å². The molecule has 0 aromatic heterocycles. The topological polar surface area (TPSA) is 81.5 Å². The molecule has 1 atom stereocenters. The molecule has 3 amide bonds. The van der Waals surface area contributed by atoms with Crippen LogP contribution in [0.1, 0.15) is 37.3 Å². The van der Waals surface area contributed by atoms with E-state index in [0.29, 0.717) is 37.1 Å². The Kier molecular flexibility index (Phi) is 6.40. The van der Waals surface area contributed by atoms with E-state index in [4.69, 9.17) is 5.26 Å². The first-order chi connectivity index (χ1) is 14.0. The number of carbonyl (C=O) groups excluding carboxylic acids is 3. The molecule has 1 aliphatic heterocycles. The van der Waals surface area contributed by atoms with Gasteiger partial charge in [-0.15, -0.1) is 0 Å². The molecule has 6 nitrogen and oxygen atoms in total. The van der Waals surface area contributed by atoms with Crippen LogP contribution in [0.2, 0.25) is 0 Å². The van der Waals surface area contributed by atoms with E-state index in [9.17, 15) is 14.4 Å². The van der Waals surface area contributed by atoms with Crippen molar-refractivity contribution < 1.29 is 14.4 Å². The summed E-state index contributed by atoms with van der Waals surface area (Å²) < 4.78 is 0. The minimum Gasteiger partial charge on any atom is -0.330 e. The first kappa shape index (κ1) is 20.3. The van der Waals surface area contributed by atoms with Crippen molar-refractivity contribution in [3.8, 4) is 6.07 Å². The summed E-state index contributed by atoms with van der Waals surface area (Å²) in [5.41, 5.74) is 1.95. The highest BCUT2D eigenvalue weighted by Crippen LogP contribution is 2.26. The van der Waals surface area contributed by atoms with Crippen molar-refractivity contribution in [3.05, 3.63) is 65.7 Å². The number of imide groups is 1. The zero-order chi connectivity index (χ0) is 20.8. The summed E-state index contributed by atoms with van der Waals surface area (Å²) in [6.07, 6.45) is 1.60.